The van der Waals surface area contributed by atoms with Crippen molar-refractivity contribution >= 4 is 17.3 Å². The van der Waals surface area contributed by atoms with Crippen LogP contribution in [0.1, 0.15) is 23.1 Å². The van der Waals surface area contributed by atoms with Gasteiger partial charge in [-0.3, -0.25) is 0 Å². The molecule has 1 aromatic heterocycles. The Hall–Kier alpha value is -1.66. The van der Waals surface area contributed by atoms with Crippen molar-refractivity contribution in [2.24, 2.45) is 5.73 Å². The van der Waals surface area contributed by atoms with Crippen LogP contribution < -0.4 is 11.1 Å². The van der Waals surface area contributed by atoms with E-state index in [4.69, 9.17) is 21.8 Å². The van der Waals surface area contributed by atoms with E-state index in [0.29, 0.717) is 11.5 Å². The highest BCUT2D eigenvalue weighted by Gasteiger charge is 2.31. The van der Waals surface area contributed by atoms with Gasteiger partial charge in [0.2, 0.25) is 0 Å². The minimum absolute atomic E-state index is 0.00118. The number of rotatable bonds is 4. The summed E-state index contributed by atoms with van der Waals surface area (Å²) in [6, 6.07) is 6.34. The van der Waals surface area contributed by atoms with Gasteiger partial charge in [-0.1, -0.05) is 11.6 Å². The minimum Gasteiger partial charge on any atom is -0.464 e. The molecule has 7 heteroatoms. The predicted octanol–water partition coefficient (Wildman–Crippen LogP) is 4.37. The van der Waals surface area contributed by atoms with Crippen LogP contribution >= 0.6 is 11.6 Å². The number of aryl methyl sites for hydroxylation is 1. The predicted molar refractivity (Wildman–Crippen MR) is 75.3 cm³/mol. The molecule has 0 aliphatic carbocycles. The van der Waals surface area contributed by atoms with E-state index in [1.165, 1.54) is 6.07 Å². The lowest BCUT2D eigenvalue weighted by molar-refractivity contribution is -0.137. The first-order valence-electron chi connectivity index (χ1n) is 6.20. The average molecular weight is 319 g/mol. The Bertz CT molecular complexity index is 625. The van der Waals surface area contributed by atoms with Gasteiger partial charge in [0, 0.05) is 17.3 Å². The fourth-order valence-corrected chi connectivity index (χ4v) is 2.16. The zero-order valence-electron chi connectivity index (χ0n) is 11.2. The molecule has 0 fully saturated rings. The number of furan rings is 1. The van der Waals surface area contributed by atoms with E-state index >= 15 is 0 Å². The molecule has 0 bridgehead atoms. The summed E-state index contributed by atoms with van der Waals surface area (Å²) in [5.41, 5.74) is 5.07. The summed E-state index contributed by atoms with van der Waals surface area (Å²) in [4.78, 5) is 0. The van der Waals surface area contributed by atoms with Crippen LogP contribution in [0.5, 0.6) is 0 Å². The van der Waals surface area contributed by atoms with Crippen molar-refractivity contribution < 1.29 is 17.6 Å². The Morgan fingerprint density at radius 1 is 1.29 bits per heavy atom. The first kappa shape index (κ1) is 15.7. The van der Waals surface area contributed by atoms with E-state index in [-0.39, 0.29) is 17.3 Å². The Balaban J connectivity index is 2.27. The van der Waals surface area contributed by atoms with Crippen molar-refractivity contribution in [3.63, 3.8) is 0 Å². The Kier molecular flexibility index (Phi) is 4.49. The van der Waals surface area contributed by atoms with Crippen molar-refractivity contribution in [1.82, 2.24) is 0 Å². The van der Waals surface area contributed by atoms with Gasteiger partial charge in [0.25, 0.3) is 0 Å². The lowest BCUT2D eigenvalue weighted by Crippen LogP contribution is -2.20. The van der Waals surface area contributed by atoms with Gasteiger partial charge in [0.1, 0.15) is 11.5 Å². The van der Waals surface area contributed by atoms with Gasteiger partial charge in [-0.05, 0) is 37.3 Å². The van der Waals surface area contributed by atoms with Crippen molar-refractivity contribution in [2.45, 2.75) is 19.1 Å². The number of alkyl halides is 3. The number of nitrogens with two attached hydrogens (primary N) is 1. The highest BCUT2D eigenvalue weighted by molar-refractivity contribution is 6.30. The van der Waals surface area contributed by atoms with Crippen LogP contribution in [0.4, 0.5) is 18.9 Å². The second-order valence-corrected chi connectivity index (χ2v) is 5.04. The molecule has 114 valence electrons. The van der Waals surface area contributed by atoms with Crippen LogP contribution in [-0.2, 0) is 6.18 Å². The fourth-order valence-electron chi connectivity index (χ4n) is 1.92. The third kappa shape index (κ3) is 3.92. The molecule has 0 saturated heterocycles. The second kappa shape index (κ2) is 5.99. The summed E-state index contributed by atoms with van der Waals surface area (Å²) in [5.74, 6) is 1.26. The molecule has 1 aromatic carbocycles. The highest BCUT2D eigenvalue weighted by atomic mass is 35.5. The van der Waals surface area contributed by atoms with E-state index in [9.17, 15) is 13.2 Å². The molecule has 0 aliphatic heterocycles. The zero-order valence-corrected chi connectivity index (χ0v) is 11.9. The first-order valence-corrected chi connectivity index (χ1v) is 6.58. The molecule has 0 amide bonds. The maximum atomic E-state index is 12.8. The Labute approximate surface area is 124 Å². The molecule has 2 rings (SSSR count). The van der Waals surface area contributed by atoms with Crippen molar-refractivity contribution in [2.75, 3.05) is 11.9 Å². The topological polar surface area (TPSA) is 51.2 Å². The SMILES string of the molecule is Cc1ccc(C(CN)Nc2cc(Cl)cc(C(F)(F)F)c2)o1. The molecule has 3 N–H and O–H groups in total. The largest absolute Gasteiger partial charge is 0.464 e. The first-order chi connectivity index (χ1) is 9.79. The van der Waals surface area contributed by atoms with E-state index in [2.05, 4.69) is 5.32 Å². The number of benzene rings is 1. The fraction of sp³-hybridized carbons (Fsp3) is 0.286. The van der Waals surface area contributed by atoms with Gasteiger partial charge in [0.15, 0.2) is 0 Å². The summed E-state index contributed by atoms with van der Waals surface area (Å²) < 4.78 is 43.7. The minimum atomic E-state index is -4.46. The van der Waals surface area contributed by atoms with Gasteiger partial charge < -0.3 is 15.5 Å². The van der Waals surface area contributed by atoms with Gasteiger partial charge in [-0.25, -0.2) is 0 Å². The Morgan fingerprint density at radius 2 is 2.00 bits per heavy atom. The van der Waals surface area contributed by atoms with Gasteiger partial charge in [-0.2, -0.15) is 13.2 Å². The molecule has 2 aromatic rings. The van der Waals surface area contributed by atoms with E-state index in [0.717, 1.165) is 12.1 Å². The van der Waals surface area contributed by atoms with Gasteiger partial charge >= 0.3 is 6.18 Å². The molecule has 0 radical (unpaired) electrons. The van der Waals surface area contributed by atoms with Crippen LogP contribution in [0, 0.1) is 6.92 Å². The van der Waals surface area contributed by atoms with Gasteiger partial charge in [0.05, 0.1) is 11.6 Å². The Morgan fingerprint density at radius 3 is 2.52 bits per heavy atom. The highest BCUT2D eigenvalue weighted by Crippen LogP contribution is 2.34. The van der Waals surface area contributed by atoms with E-state index < -0.39 is 17.8 Å². The number of anilines is 1. The quantitative estimate of drug-likeness (QED) is 0.880. The number of hydrogen-bond donors (Lipinski definition) is 2. The summed E-state index contributed by atoms with van der Waals surface area (Å²) in [6.07, 6.45) is -4.46. The molecule has 1 unspecified atom stereocenters. The molecule has 1 atom stereocenters. The van der Waals surface area contributed by atoms with Crippen molar-refractivity contribution in [3.8, 4) is 0 Å². The molecular weight excluding hydrogens is 305 g/mol. The van der Waals surface area contributed by atoms with Crippen LogP contribution in [-0.4, -0.2) is 6.54 Å². The standard InChI is InChI=1S/C14H14ClF3N2O/c1-8-2-3-13(21-8)12(7-19)20-11-5-9(14(16,17)18)4-10(15)6-11/h2-6,12,20H,7,19H2,1H3. The van der Waals surface area contributed by atoms with Crippen molar-refractivity contribution in [3.05, 3.63) is 52.4 Å². The maximum Gasteiger partial charge on any atom is 0.416 e. The maximum absolute atomic E-state index is 12.8. The molecule has 3 nitrogen and oxygen atoms in total. The van der Waals surface area contributed by atoms with E-state index in [1.54, 1.807) is 19.1 Å². The third-order valence-corrected chi connectivity index (χ3v) is 3.12. The van der Waals surface area contributed by atoms with Crippen molar-refractivity contribution in [1.29, 1.82) is 0 Å². The molecule has 1 heterocycles. The van der Waals surface area contributed by atoms with Gasteiger partial charge in [-0.15, -0.1) is 0 Å². The molecule has 0 spiro atoms. The average Bonchev–Trinajstić information content (AvgIpc) is 2.81. The smallest absolute Gasteiger partial charge is 0.416 e. The molecule has 0 aliphatic rings. The van der Waals surface area contributed by atoms with E-state index in [1.807, 2.05) is 0 Å². The van der Waals surface area contributed by atoms with Crippen LogP contribution in [0.25, 0.3) is 0 Å². The number of halogens is 4. The zero-order chi connectivity index (χ0) is 15.6. The number of hydrogen-bond acceptors (Lipinski definition) is 3. The van der Waals surface area contributed by atoms with Crippen LogP contribution in [0.15, 0.2) is 34.7 Å². The summed E-state index contributed by atoms with van der Waals surface area (Å²) >= 11 is 5.74. The lowest BCUT2D eigenvalue weighted by Gasteiger charge is -2.17. The third-order valence-electron chi connectivity index (χ3n) is 2.91. The van der Waals surface area contributed by atoms with Crippen LogP contribution in [0.3, 0.4) is 0 Å². The molecular formula is C14H14ClF3N2O. The summed E-state index contributed by atoms with van der Waals surface area (Å²) in [6.45, 7) is 1.94. The summed E-state index contributed by atoms with van der Waals surface area (Å²) in [7, 11) is 0. The lowest BCUT2D eigenvalue weighted by atomic mass is 10.1. The second-order valence-electron chi connectivity index (χ2n) is 4.61. The molecule has 21 heavy (non-hydrogen) atoms. The normalized spacial score (nSPS) is 13.2. The summed E-state index contributed by atoms with van der Waals surface area (Å²) in [5, 5.41) is 2.91. The van der Waals surface area contributed by atoms with Crippen LogP contribution in [0.2, 0.25) is 5.02 Å². The molecule has 0 saturated carbocycles. The number of nitrogens with one attached hydrogen (secondary N) is 1. The monoisotopic (exact) mass is 318 g/mol.